The minimum absolute atomic E-state index is 0.447. The molecule has 0 aromatic heterocycles. The second-order valence-corrected chi connectivity index (χ2v) is 5.09. The van der Waals surface area contributed by atoms with Crippen LogP contribution >= 0.6 is 0 Å². The molecule has 4 heteroatoms. The fourth-order valence-electron chi connectivity index (χ4n) is 1.44. The minimum atomic E-state index is -0.489. The standard InChI is InChI=1S/C14H24N2O2/c1-5-9-18-12-8-6-7-11(13(12)15)16-14(3,4)10(2)17/h6-8,10,16-17H,5,9,15H2,1-4H3. The van der Waals surface area contributed by atoms with E-state index in [2.05, 4.69) is 12.2 Å². The molecule has 0 aliphatic heterocycles. The van der Waals surface area contributed by atoms with Crippen molar-refractivity contribution in [2.45, 2.75) is 45.8 Å². The molecule has 0 bridgehead atoms. The van der Waals surface area contributed by atoms with Gasteiger partial charge in [-0.1, -0.05) is 13.0 Å². The van der Waals surface area contributed by atoms with E-state index < -0.39 is 11.6 Å². The van der Waals surface area contributed by atoms with Gasteiger partial charge < -0.3 is 20.9 Å². The lowest BCUT2D eigenvalue weighted by Crippen LogP contribution is -2.42. The number of ether oxygens (including phenoxy) is 1. The third-order valence-electron chi connectivity index (χ3n) is 3.03. The van der Waals surface area contributed by atoms with E-state index in [1.54, 1.807) is 6.92 Å². The molecule has 1 aromatic rings. The zero-order valence-electron chi connectivity index (χ0n) is 11.7. The summed E-state index contributed by atoms with van der Waals surface area (Å²) in [6.07, 6.45) is 0.452. The average molecular weight is 252 g/mol. The van der Waals surface area contributed by atoms with E-state index in [9.17, 15) is 5.11 Å². The third-order valence-corrected chi connectivity index (χ3v) is 3.03. The van der Waals surface area contributed by atoms with Crippen molar-refractivity contribution in [2.75, 3.05) is 17.7 Å². The van der Waals surface area contributed by atoms with Crippen molar-refractivity contribution in [3.63, 3.8) is 0 Å². The number of nitrogen functional groups attached to an aromatic ring is 1. The van der Waals surface area contributed by atoms with Crippen LogP contribution in [0.1, 0.15) is 34.1 Å². The van der Waals surface area contributed by atoms with Gasteiger partial charge in [0.2, 0.25) is 0 Å². The summed E-state index contributed by atoms with van der Waals surface area (Å²) in [4.78, 5) is 0. The monoisotopic (exact) mass is 252 g/mol. The van der Waals surface area contributed by atoms with E-state index in [1.807, 2.05) is 32.0 Å². The molecule has 0 saturated carbocycles. The summed E-state index contributed by atoms with van der Waals surface area (Å²) in [7, 11) is 0. The predicted molar refractivity (Wildman–Crippen MR) is 76.0 cm³/mol. The quantitative estimate of drug-likeness (QED) is 0.681. The number of nitrogens with one attached hydrogen (secondary N) is 1. The molecule has 102 valence electrons. The number of anilines is 2. The maximum Gasteiger partial charge on any atom is 0.144 e. The zero-order valence-corrected chi connectivity index (χ0v) is 11.7. The van der Waals surface area contributed by atoms with Gasteiger partial charge in [0.15, 0.2) is 0 Å². The van der Waals surface area contributed by atoms with Gasteiger partial charge in [0, 0.05) is 0 Å². The lowest BCUT2D eigenvalue weighted by molar-refractivity contribution is 0.133. The number of aliphatic hydroxyl groups excluding tert-OH is 1. The molecule has 0 heterocycles. The van der Waals surface area contributed by atoms with Crippen LogP contribution in [0.2, 0.25) is 0 Å². The number of aliphatic hydroxyl groups is 1. The Labute approximate surface area is 109 Å². The first-order chi connectivity index (χ1) is 8.38. The van der Waals surface area contributed by atoms with Gasteiger partial charge >= 0.3 is 0 Å². The Bertz CT molecular complexity index is 389. The van der Waals surface area contributed by atoms with Crippen molar-refractivity contribution in [3.8, 4) is 5.75 Å². The number of nitrogens with two attached hydrogens (primary N) is 1. The molecular formula is C14H24N2O2. The largest absolute Gasteiger partial charge is 0.491 e. The molecule has 0 aliphatic rings. The SMILES string of the molecule is CCCOc1cccc(NC(C)(C)C(C)O)c1N. The summed E-state index contributed by atoms with van der Waals surface area (Å²) >= 11 is 0. The smallest absolute Gasteiger partial charge is 0.144 e. The Morgan fingerprint density at radius 3 is 2.67 bits per heavy atom. The molecule has 4 N–H and O–H groups in total. The van der Waals surface area contributed by atoms with Gasteiger partial charge in [-0.05, 0) is 39.3 Å². The van der Waals surface area contributed by atoms with E-state index in [0.717, 1.165) is 12.1 Å². The van der Waals surface area contributed by atoms with Crippen molar-refractivity contribution in [1.82, 2.24) is 0 Å². The first kappa shape index (κ1) is 14.6. The predicted octanol–water partition coefficient (Wildman–Crippen LogP) is 2.63. The molecule has 0 saturated heterocycles. The number of hydrogen-bond acceptors (Lipinski definition) is 4. The first-order valence-corrected chi connectivity index (χ1v) is 6.36. The molecule has 18 heavy (non-hydrogen) atoms. The second-order valence-electron chi connectivity index (χ2n) is 5.09. The summed E-state index contributed by atoms with van der Waals surface area (Å²) in [5, 5.41) is 13.0. The number of benzene rings is 1. The molecular weight excluding hydrogens is 228 g/mol. The molecule has 0 fully saturated rings. The molecule has 0 amide bonds. The zero-order chi connectivity index (χ0) is 13.8. The van der Waals surface area contributed by atoms with Gasteiger partial charge in [0.05, 0.1) is 29.6 Å². The van der Waals surface area contributed by atoms with Gasteiger partial charge in [0.1, 0.15) is 5.75 Å². The van der Waals surface area contributed by atoms with Gasteiger partial charge in [-0.15, -0.1) is 0 Å². The Morgan fingerprint density at radius 2 is 2.11 bits per heavy atom. The Kier molecular flexibility index (Phi) is 4.84. The minimum Gasteiger partial charge on any atom is -0.491 e. The Hall–Kier alpha value is -1.42. The summed E-state index contributed by atoms with van der Waals surface area (Å²) in [6, 6.07) is 5.63. The molecule has 0 radical (unpaired) electrons. The van der Waals surface area contributed by atoms with Crippen molar-refractivity contribution in [3.05, 3.63) is 18.2 Å². The highest BCUT2D eigenvalue weighted by Crippen LogP contribution is 2.32. The van der Waals surface area contributed by atoms with Crippen LogP contribution in [-0.2, 0) is 0 Å². The van der Waals surface area contributed by atoms with Crippen LogP contribution in [0.5, 0.6) is 5.75 Å². The summed E-state index contributed by atoms with van der Waals surface area (Å²) < 4.78 is 5.57. The fraction of sp³-hybridized carbons (Fsp3) is 0.571. The number of rotatable bonds is 6. The molecule has 0 spiro atoms. The summed E-state index contributed by atoms with van der Waals surface area (Å²) in [5.41, 5.74) is 6.98. The average Bonchev–Trinajstić information content (AvgIpc) is 2.30. The van der Waals surface area contributed by atoms with Crippen molar-refractivity contribution < 1.29 is 9.84 Å². The Morgan fingerprint density at radius 1 is 1.44 bits per heavy atom. The molecule has 1 unspecified atom stereocenters. The van der Waals surface area contributed by atoms with E-state index in [0.29, 0.717) is 18.0 Å². The molecule has 0 aliphatic carbocycles. The molecule has 1 aromatic carbocycles. The first-order valence-electron chi connectivity index (χ1n) is 6.36. The van der Waals surface area contributed by atoms with Gasteiger partial charge in [-0.25, -0.2) is 0 Å². The summed E-state index contributed by atoms with van der Waals surface area (Å²) in [6.45, 7) is 8.30. The van der Waals surface area contributed by atoms with Crippen LogP contribution in [0.15, 0.2) is 18.2 Å². The summed E-state index contributed by atoms with van der Waals surface area (Å²) in [5.74, 6) is 0.684. The van der Waals surface area contributed by atoms with Crippen molar-refractivity contribution in [1.29, 1.82) is 0 Å². The van der Waals surface area contributed by atoms with Crippen LogP contribution in [0.25, 0.3) is 0 Å². The maximum atomic E-state index is 9.71. The molecule has 1 atom stereocenters. The van der Waals surface area contributed by atoms with E-state index in [4.69, 9.17) is 10.5 Å². The highest BCUT2D eigenvalue weighted by atomic mass is 16.5. The number of hydrogen-bond donors (Lipinski definition) is 3. The molecule has 4 nitrogen and oxygen atoms in total. The van der Waals surface area contributed by atoms with E-state index in [1.165, 1.54) is 0 Å². The van der Waals surface area contributed by atoms with E-state index >= 15 is 0 Å². The van der Waals surface area contributed by atoms with Crippen LogP contribution in [0.4, 0.5) is 11.4 Å². The topological polar surface area (TPSA) is 67.5 Å². The lowest BCUT2D eigenvalue weighted by atomic mass is 9.98. The third kappa shape index (κ3) is 3.53. The highest BCUT2D eigenvalue weighted by molar-refractivity contribution is 5.73. The molecule has 1 rings (SSSR count). The van der Waals surface area contributed by atoms with Gasteiger partial charge in [0.25, 0.3) is 0 Å². The highest BCUT2D eigenvalue weighted by Gasteiger charge is 2.24. The van der Waals surface area contributed by atoms with Crippen molar-refractivity contribution >= 4 is 11.4 Å². The van der Waals surface area contributed by atoms with Crippen LogP contribution in [0.3, 0.4) is 0 Å². The maximum absolute atomic E-state index is 9.71. The normalized spacial score (nSPS) is 13.2. The van der Waals surface area contributed by atoms with Crippen molar-refractivity contribution in [2.24, 2.45) is 0 Å². The fourth-order valence-corrected chi connectivity index (χ4v) is 1.44. The van der Waals surface area contributed by atoms with Crippen LogP contribution in [-0.4, -0.2) is 23.4 Å². The van der Waals surface area contributed by atoms with Gasteiger partial charge in [-0.2, -0.15) is 0 Å². The van der Waals surface area contributed by atoms with E-state index in [-0.39, 0.29) is 0 Å². The Balaban J connectivity index is 2.90. The van der Waals surface area contributed by atoms with Gasteiger partial charge in [-0.3, -0.25) is 0 Å². The second kappa shape index (κ2) is 5.96. The lowest BCUT2D eigenvalue weighted by Gasteiger charge is -2.31. The number of para-hydroxylation sites is 1. The van der Waals surface area contributed by atoms with Crippen LogP contribution < -0.4 is 15.8 Å². The van der Waals surface area contributed by atoms with Crippen LogP contribution in [0, 0.1) is 0 Å².